The molecule has 1 heteroatoms. The molecule has 1 nitrogen and oxygen atoms in total. The van der Waals surface area contributed by atoms with Crippen LogP contribution in [0.5, 0.6) is 0 Å². The lowest BCUT2D eigenvalue weighted by atomic mass is 9.74. The highest BCUT2D eigenvalue weighted by Crippen LogP contribution is 2.38. The van der Waals surface area contributed by atoms with Gasteiger partial charge in [0.2, 0.25) is 0 Å². The molecule has 0 saturated heterocycles. The van der Waals surface area contributed by atoms with Crippen LogP contribution in [0.25, 0.3) is 0 Å². The first-order valence-electron chi connectivity index (χ1n) is 5.35. The van der Waals surface area contributed by atoms with E-state index in [2.05, 4.69) is 6.08 Å². The molecule has 2 N–H and O–H groups in total. The number of fused-ring (bicyclic) bond motifs is 1. The molecule has 0 aromatic heterocycles. The van der Waals surface area contributed by atoms with E-state index in [4.69, 9.17) is 5.73 Å². The van der Waals surface area contributed by atoms with Gasteiger partial charge in [-0.05, 0) is 18.8 Å². The fourth-order valence-corrected chi connectivity index (χ4v) is 2.56. The predicted molar refractivity (Wildman–Crippen MR) is 51.6 cm³/mol. The third-order valence-electron chi connectivity index (χ3n) is 3.40. The molecule has 0 aromatic rings. The van der Waals surface area contributed by atoms with Crippen molar-refractivity contribution < 1.29 is 0 Å². The van der Waals surface area contributed by atoms with Crippen molar-refractivity contribution in [3.63, 3.8) is 0 Å². The molecule has 68 valence electrons. The number of hydrogen-bond acceptors (Lipinski definition) is 1. The molecular weight excluding hydrogens is 146 g/mol. The van der Waals surface area contributed by atoms with Gasteiger partial charge in [0, 0.05) is 11.6 Å². The smallest absolute Gasteiger partial charge is 0.00804 e. The highest BCUT2D eigenvalue weighted by molar-refractivity contribution is 5.18. The quantitative estimate of drug-likeness (QED) is 0.587. The van der Waals surface area contributed by atoms with Crippen LogP contribution in [0.15, 0.2) is 11.8 Å². The van der Waals surface area contributed by atoms with Crippen LogP contribution in [-0.2, 0) is 0 Å². The molecule has 2 unspecified atom stereocenters. The fourth-order valence-electron chi connectivity index (χ4n) is 2.56. The highest BCUT2D eigenvalue weighted by Gasteiger charge is 2.29. The van der Waals surface area contributed by atoms with Crippen molar-refractivity contribution in [3.8, 4) is 0 Å². The van der Waals surface area contributed by atoms with Crippen molar-refractivity contribution >= 4 is 0 Å². The van der Waals surface area contributed by atoms with E-state index in [1.54, 1.807) is 0 Å². The first kappa shape index (κ1) is 8.15. The molecule has 0 heterocycles. The molecule has 0 radical (unpaired) electrons. The zero-order valence-electron chi connectivity index (χ0n) is 7.76. The van der Waals surface area contributed by atoms with Crippen LogP contribution in [0.1, 0.15) is 44.9 Å². The SMILES string of the molecule is NC1=CC2CCCCCCCC12. The lowest BCUT2D eigenvalue weighted by molar-refractivity contribution is 0.341. The number of nitrogens with two attached hydrogens (primary N) is 1. The molecule has 2 atom stereocenters. The number of rotatable bonds is 0. The Hall–Kier alpha value is -0.460. The topological polar surface area (TPSA) is 26.0 Å². The molecule has 1 fully saturated rings. The van der Waals surface area contributed by atoms with Gasteiger partial charge in [-0.3, -0.25) is 0 Å². The summed E-state index contributed by atoms with van der Waals surface area (Å²) in [6.45, 7) is 0. The maximum atomic E-state index is 5.87. The van der Waals surface area contributed by atoms with Gasteiger partial charge in [0.05, 0.1) is 0 Å². The van der Waals surface area contributed by atoms with E-state index in [0.29, 0.717) is 0 Å². The van der Waals surface area contributed by atoms with Crippen molar-refractivity contribution in [3.05, 3.63) is 11.8 Å². The van der Waals surface area contributed by atoms with E-state index in [1.165, 1.54) is 50.6 Å². The molecule has 2 aliphatic carbocycles. The maximum absolute atomic E-state index is 5.87. The monoisotopic (exact) mass is 165 g/mol. The molecule has 1 saturated carbocycles. The van der Waals surface area contributed by atoms with E-state index in [-0.39, 0.29) is 0 Å². The van der Waals surface area contributed by atoms with Crippen LogP contribution < -0.4 is 5.73 Å². The van der Waals surface area contributed by atoms with Crippen LogP contribution in [-0.4, -0.2) is 0 Å². The molecule has 2 aliphatic rings. The Morgan fingerprint density at radius 3 is 2.42 bits per heavy atom. The van der Waals surface area contributed by atoms with Gasteiger partial charge in [0.25, 0.3) is 0 Å². The van der Waals surface area contributed by atoms with Crippen molar-refractivity contribution in [2.75, 3.05) is 0 Å². The van der Waals surface area contributed by atoms with Crippen LogP contribution in [0.4, 0.5) is 0 Å². The summed E-state index contributed by atoms with van der Waals surface area (Å²) in [5.41, 5.74) is 7.05. The first-order valence-corrected chi connectivity index (χ1v) is 5.35. The van der Waals surface area contributed by atoms with Crippen molar-refractivity contribution in [1.29, 1.82) is 0 Å². The second kappa shape index (κ2) is 3.51. The summed E-state index contributed by atoms with van der Waals surface area (Å²) in [5, 5.41) is 0. The van der Waals surface area contributed by atoms with Gasteiger partial charge in [0.1, 0.15) is 0 Å². The van der Waals surface area contributed by atoms with E-state index in [9.17, 15) is 0 Å². The zero-order chi connectivity index (χ0) is 8.39. The highest BCUT2D eigenvalue weighted by atomic mass is 14.6. The van der Waals surface area contributed by atoms with Crippen molar-refractivity contribution in [2.24, 2.45) is 17.6 Å². The molecule has 0 spiro atoms. The maximum Gasteiger partial charge on any atom is 0.00804 e. The van der Waals surface area contributed by atoms with E-state index in [0.717, 1.165) is 11.8 Å². The lowest BCUT2D eigenvalue weighted by Gasteiger charge is -2.33. The summed E-state index contributed by atoms with van der Waals surface area (Å²) in [6, 6.07) is 0. The largest absolute Gasteiger partial charge is 0.402 e. The minimum atomic E-state index is 0.767. The average Bonchev–Trinajstić information content (AvgIpc) is 2.14. The van der Waals surface area contributed by atoms with Gasteiger partial charge in [-0.25, -0.2) is 0 Å². The summed E-state index contributed by atoms with van der Waals surface area (Å²) in [7, 11) is 0. The second-order valence-corrected chi connectivity index (χ2v) is 4.28. The van der Waals surface area contributed by atoms with Gasteiger partial charge in [0.15, 0.2) is 0 Å². The third-order valence-corrected chi connectivity index (χ3v) is 3.40. The van der Waals surface area contributed by atoms with Gasteiger partial charge in [-0.2, -0.15) is 0 Å². The average molecular weight is 165 g/mol. The summed E-state index contributed by atoms with van der Waals surface area (Å²) in [4.78, 5) is 0. The summed E-state index contributed by atoms with van der Waals surface area (Å²) >= 11 is 0. The Kier molecular flexibility index (Phi) is 2.38. The van der Waals surface area contributed by atoms with Gasteiger partial charge < -0.3 is 5.73 Å². The summed E-state index contributed by atoms with van der Waals surface area (Å²) in [5.74, 6) is 1.62. The van der Waals surface area contributed by atoms with Crippen LogP contribution in [0.2, 0.25) is 0 Å². The van der Waals surface area contributed by atoms with Gasteiger partial charge in [-0.1, -0.05) is 38.2 Å². The van der Waals surface area contributed by atoms with E-state index >= 15 is 0 Å². The number of hydrogen-bond donors (Lipinski definition) is 1. The van der Waals surface area contributed by atoms with Crippen molar-refractivity contribution in [2.45, 2.75) is 44.9 Å². The van der Waals surface area contributed by atoms with Crippen LogP contribution in [0, 0.1) is 11.8 Å². The van der Waals surface area contributed by atoms with E-state index in [1.807, 2.05) is 0 Å². The Morgan fingerprint density at radius 2 is 1.67 bits per heavy atom. The van der Waals surface area contributed by atoms with E-state index < -0.39 is 0 Å². The lowest BCUT2D eigenvalue weighted by Crippen LogP contribution is -2.29. The van der Waals surface area contributed by atoms with Gasteiger partial charge >= 0.3 is 0 Å². The Bertz CT molecular complexity index is 183. The van der Waals surface area contributed by atoms with Crippen LogP contribution in [0.3, 0.4) is 0 Å². The minimum absolute atomic E-state index is 0.767. The Labute approximate surface area is 75.0 Å². The second-order valence-electron chi connectivity index (χ2n) is 4.28. The standard InChI is InChI=1S/C11H19N/c12-11-8-9-6-4-2-1-3-5-7-10(9)11/h8-10H,1-7,12H2. The van der Waals surface area contributed by atoms with Crippen LogP contribution >= 0.6 is 0 Å². The molecule has 12 heavy (non-hydrogen) atoms. The summed E-state index contributed by atoms with van der Waals surface area (Å²) in [6.07, 6.45) is 12.2. The molecule has 0 aromatic carbocycles. The predicted octanol–water partition coefficient (Wildman–Crippen LogP) is 2.82. The molecule has 0 amide bonds. The molecule has 2 rings (SSSR count). The minimum Gasteiger partial charge on any atom is -0.402 e. The Balaban J connectivity index is 1.93. The fraction of sp³-hybridized carbons (Fsp3) is 0.818. The first-order chi connectivity index (χ1) is 5.88. The third kappa shape index (κ3) is 1.50. The molecule has 0 aliphatic heterocycles. The number of allylic oxidation sites excluding steroid dienone is 2. The van der Waals surface area contributed by atoms with Crippen molar-refractivity contribution in [1.82, 2.24) is 0 Å². The summed E-state index contributed by atoms with van der Waals surface area (Å²) < 4.78 is 0. The normalized spacial score (nSPS) is 36.5. The molecule has 0 bridgehead atoms. The van der Waals surface area contributed by atoms with Gasteiger partial charge in [-0.15, -0.1) is 0 Å². The zero-order valence-corrected chi connectivity index (χ0v) is 7.76. The Morgan fingerprint density at radius 1 is 1.00 bits per heavy atom. The molecular formula is C11H19N.